The molecule has 1 heterocycles. The van der Waals surface area contributed by atoms with Gasteiger partial charge in [-0.05, 0) is 37.3 Å². The fourth-order valence-corrected chi connectivity index (χ4v) is 2.22. The SMILES string of the molecule is CSc1nc(-c2ccc(C)c(C)c2O)c(C#N)c(=O)[nH]1. The molecule has 0 bridgehead atoms. The minimum absolute atomic E-state index is 0.0478. The first kappa shape index (κ1) is 14.2. The molecule has 102 valence electrons. The van der Waals surface area contributed by atoms with E-state index in [0.717, 1.165) is 5.56 Å². The zero-order chi connectivity index (χ0) is 14.9. The van der Waals surface area contributed by atoms with Gasteiger partial charge in [-0.2, -0.15) is 5.26 Å². The average molecular weight is 287 g/mol. The van der Waals surface area contributed by atoms with Crippen molar-refractivity contribution in [1.29, 1.82) is 5.26 Å². The van der Waals surface area contributed by atoms with Gasteiger partial charge in [-0.15, -0.1) is 0 Å². The third-order valence-electron chi connectivity index (χ3n) is 3.16. The van der Waals surface area contributed by atoms with Crippen molar-refractivity contribution in [2.24, 2.45) is 0 Å². The van der Waals surface area contributed by atoms with Gasteiger partial charge in [-0.3, -0.25) is 4.79 Å². The summed E-state index contributed by atoms with van der Waals surface area (Å²) in [7, 11) is 0. The molecule has 0 aliphatic rings. The van der Waals surface area contributed by atoms with Crippen molar-refractivity contribution >= 4 is 11.8 Å². The van der Waals surface area contributed by atoms with Gasteiger partial charge in [-0.1, -0.05) is 17.8 Å². The maximum absolute atomic E-state index is 11.9. The molecule has 0 spiro atoms. The Bertz CT molecular complexity index is 775. The number of hydrogen-bond acceptors (Lipinski definition) is 5. The summed E-state index contributed by atoms with van der Waals surface area (Å²) in [5.74, 6) is 0.0478. The van der Waals surface area contributed by atoms with Gasteiger partial charge >= 0.3 is 0 Å². The molecule has 2 aromatic rings. The second kappa shape index (κ2) is 5.39. The summed E-state index contributed by atoms with van der Waals surface area (Å²) in [6, 6.07) is 5.35. The summed E-state index contributed by atoms with van der Waals surface area (Å²) in [5.41, 5.74) is 1.65. The number of nitrogens with one attached hydrogen (secondary N) is 1. The third kappa shape index (κ3) is 2.28. The minimum atomic E-state index is -0.500. The number of phenolic OH excluding ortho intramolecular Hbond substituents is 1. The van der Waals surface area contributed by atoms with Crippen LogP contribution in [0.25, 0.3) is 11.3 Å². The van der Waals surface area contributed by atoms with E-state index in [4.69, 9.17) is 5.26 Å². The highest BCUT2D eigenvalue weighted by Crippen LogP contribution is 2.33. The van der Waals surface area contributed by atoms with Crippen LogP contribution in [-0.2, 0) is 0 Å². The first-order valence-electron chi connectivity index (χ1n) is 5.87. The predicted octanol–water partition coefficient (Wildman–Crippen LogP) is 2.35. The van der Waals surface area contributed by atoms with E-state index in [-0.39, 0.29) is 17.0 Å². The molecule has 1 aromatic heterocycles. The van der Waals surface area contributed by atoms with Crippen molar-refractivity contribution in [3.05, 3.63) is 39.2 Å². The van der Waals surface area contributed by atoms with Crippen LogP contribution < -0.4 is 5.56 Å². The summed E-state index contributed by atoms with van der Waals surface area (Å²) < 4.78 is 0. The summed E-state index contributed by atoms with van der Waals surface area (Å²) in [4.78, 5) is 18.6. The highest BCUT2D eigenvalue weighted by molar-refractivity contribution is 7.98. The van der Waals surface area contributed by atoms with Crippen LogP contribution in [0.5, 0.6) is 5.75 Å². The monoisotopic (exact) mass is 287 g/mol. The van der Waals surface area contributed by atoms with Crippen molar-refractivity contribution in [2.75, 3.05) is 6.26 Å². The lowest BCUT2D eigenvalue weighted by molar-refractivity contribution is 0.472. The van der Waals surface area contributed by atoms with Crippen LogP contribution in [-0.4, -0.2) is 21.3 Å². The number of aromatic nitrogens is 2. The minimum Gasteiger partial charge on any atom is -0.507 e. The number of nitriles is 1. The standard InChI is InChI=1S/C14H13N3O2S/c1-7-4-5-9(12(18)8(7)2)11-10(6-15)13(19)17-14(16-11)20-3/h4-5,18H,1-3H3,(H,16,17,19). The Labute approximate surface area is 120 Å². The van der Waals surface area contributed by atoms with E-state index in [9.17, 15) is 9.90 Å². The zero-order valence-electron chi connectivity index (χ0n) is 11.3. The molecule has 0 aliphatic carbocycles. The van der Waals surface area contributed by atoms with Crippen molar-refractivity contribution in [3.63, 3.8) is 0 Å². The van der Waals surface area contributed by atoms with Gasteiger partial charge in [0, 0.05) is 5.56 Å². The number of rotatable bonds is 2. The fraction of sp³-hybridized carbons (Fsp3) is 0.214. The van der Waals surface area contributed by atoms with E-state index in [2.05, 4.69) is 9.97 Å². The Morgan fingerprint density at radius 3 is 2.70 bits per heavy atom. The van der Waals surface area contributed by atoms with Gasteiger partial charge in [0.2, 0.25) is 0 Å². The van der Waals surface area contributed by atoms with Gasteiger partial charge in [0.05, 0.1) is 0 Å². The molecule has 0 atom stereocenters. The van der Waals surface area contributed by atoms with Crippen LogP contribution in [0.1, 0.15) is 16.7 Å². The van der Waals surface area contributed by atoms with E-state index >= 15 is 0 Å². The number of aromatic amines is 1. The van der Waals surface area contributed by atoms with Gasteiger partial charge in [0.15, 0.2) is 5.16 Å². The molecule has 0 fully saturated rings. The van der Waals surface area contributed by atoms with Crippen LogP contribution in [0.2, 0.25) is 0 Å². The van der Waals surface area contributed by atoms with Crippen LogP contribution in [0.15, 0.2) is 22.1 Å². The first-order valence-corrected chi connectivity index (χ1v) is 7.10. The van der Waals surface area contributed by atoms with Gasteiger partial charge in [0.25, 0.3) is 5.56 Å². The van der Waals surface area contributed by atoms with Crippen LogP contribution >= 0.6 is 11.8 Å². The Morgan fingerprint density at radius 2 is 2.10 bits per heavy atom. The maximum Gasteiger partial charge on any atom is 0.270 e. The maximum atomic E-state index is 11.9. The molecular formula is C14H13N3O2S. The summed E-state index contributed by atoms with van der Waals surface area (Å²) in [5, 5.41) is 19.8. The molecule has 0 saturated carbocycles. The quantitative estimate of drug-likeness (QED) is 0.653. The second-order valence-corrected chi connectivity index (χ2v) is 5.11. The molecule has 0 saturated heterocycles. The fourth-order valence-electron chi connectivity index (χ4n) is 1.84. The summed E-state index contributed by atoms with van der Waals surface area (Å²) >= 11 is 1.27. The lowest BCUT2D eigenvalue weighted by Gasteiger charge is -2.10. The van der Waals surface area contributed by atoms with E-state index in [1.54, 1.807) is 19.2 Å². The lowest BCUT2D eigenvalue weighted by Crippen LogP contribution is -2.14. The number of thioether (sulfide) groups is 1. The number of phenols is 1. The molecular weight excluding hydrogens is 274 g/mol. The summed E-state index contributed by atoms with van der Waals surface area (Å²) in [6.07, 6.45) is 1.77. The first-order chi connectivity index (χ1) is 9.49. The molecule has 0 amide bonds. The number of aryl methyl sites for hydroxylation is 1. The van der Waals surface area contributed by atoms with Crippen LogP contribution in [0.4, 0.5) is 0 Å². The molecule has 2 N–H and O–H groups in total. The van der Waals surface area contributed by atoms with E-state index in [0.29, 0.717) is 16.3 Å². The average Bonchev–Trinajstić information content (AvgIpc) is 2.44. The van der Waals surface area contributed by atoms with Crippen molar-refractivity contribution in [3.8, 4) is 23.1 Å². The van der Waals surface area contributed by atoms with E-state index in [1.807, 2.05) is 19.1 Å². The largest absolute Gasteiger partial charge is 0.507 e. The smallest absolute Gasteiger partial charge is 0.270 e. The zero-order valence-corrected chi connectivity index (χ0v) is 12.1. The number of aromatic hydroxyl groups is 1. The number of H-pyrrole nitrogens is 1. The van der Waals surface area contributed by atoms with Crippen molar-refractivity contribution in [1.82, 2.24) is 9.97 Å². The highest BCUT2D eigenvalue weighted by atomic mass is 32.2. The summed E-state index contributed by atoms with van der Waals surface area (Å²) in [6.45, 7) is 3.66. The lowest BCUT2D eigenvalue weighted by atomic mass is 10.0. The van der Waals surface area contributed by atoms with Crippen molar-refractivity contribution in [2.45, 2.75) is 19.0 Å². The van der Waals surface area contributed by atoms with E-state index < -0.39 is 5.56 Å². The Morgan fingerprint density at radius 1 is 1.40 bits per heavy atom. The second-order valence-electron chi connectivity index (χ2n) is 4.31. The molecule has 2 rings (SSSR count). The number of nitrogens with zero attached hydrogens (tertiary/aromatic N) is 2. The normalized spacial score (nSPS) is 10.3. The van der Waals surface area contributed by atoms with Gasteiger partial charge in [0.1, 0.15) is 23.1 Å². The highest BCUT2D eigenvalue weighted by Gasteiger charge is 2.17. The van der Waals surface area contributed by atoms with Crippen molar-refractivity contribution < 1.29 is 5.11 Å². The third-order valence-corrected chi connectivity index (χ3v) is 3.74. The Hall–Kier alpha value is -2.26. The molecule has 5 nitrogen and oxygen atoms in total. The predicted molar refractivity (Wildman–Crippen MR) is 77.9 cm³/mol. The number of hydrogen-bond donors (Lipinski definition) is 2. The number of benzene rings is 1. The van der Waals surface area contributed by atoms with Gasteiger partial charge < -0.3 is 10.1 Å². The topological polar surface area (TPSA) is 89.8 Å². The molecule has 0 radical (unpaired) electrons. The Kier molecular flexibility index (Phi) is 3.81. The molecule has 20 heavy (non-hydrogen) atoms. The van der Waals surface area contributed by atoms with Gasteiger partial charge in [-0.25, -0.2) is 4.98 Å². The molecule has 6 heteroatoms. The molecule has 0 aliphatic heterocycles. The van der Waals surface area contributed by atoms with E-state index in [1.165, 1.54) is 11.8 Å². The molecule has 0 unspecified atom stereocenters. The van der Waals surface area contributed by atoms with Crippen LogP contribution in [0.3, 0.4) is 0 Å². The Balaban J connectivity index is 2.82. The molecule has 1 aromatic carbocycles. The van der Waals surface area contributed by atoms with Crippen LogP contribution in [0, 0.1) is 25.2 Å².